The summed E-state index contributed by atoms with van der Waals surface area (Å²) in [5.41, 5.74) is 0.874. The second kappa shape index (κ2) is 4.13. The van der Waals surface area contributed by atoms with Crippen molar-refractivity contribution in [1.29, 1.82) is 0 Å². The van der Waals surface area contributed by atoms with Crippen molar-refractivity contribution in [3.63, 3.8) is 0 Å². The fourth-order valence-corrected chi connectivity index (χ4v) is 1.47. The van der Waals surface area contributed by atoms with Crippen LogP contribution in [0.1, 0.15) is 0 Å². The second-order valence-corrected chi connectivity index (χ2v) is 3.36. The minimum absolute atomic E-state index is 0.0845. The van der Waals surface area contributed by atoms with Crippen LogP contribution in [0.4, 0.5) is 5.69 Å². The number of amides is 1. The average molecular weight is 203 g/mol. The Balaban J connectivity index is 2.14. The molecular weight excluding hydrogens is 190 g/mol. The van der Waals surface area contributed by atoms with E-state index in [9.17, 15) is 4.79 Å². The fourth-order valence-electron chi connectivity index (χ4n) is 1.47. The van der Waals surface area contributed by atoms with E-state index < -0.39 is 0 Å². The first kappa shape index (κ1) is 9.71. The highest BCUT2D eigenvalue weighted by molar-refractivity contribution is 6.43. The number of hydrogen-bond donors (Lipinski definition) is 1. The molecule has 1 amide bonds. The van der Waals surface area contributed by atoms with Crippen LogP contribution < -0.4 is 10.2 Å². The van der Waals surface area contributed by atoms with Crippen LogP contribution in [0.25, 0.3) is 0 Å². The molecule has 0 saturated carbocycles. The Morgan fingerprint density at radius 2 is 2.13 bits per heavy atom. The Kier molecular flexibility index (Phi) is 2.67. The molecule has 4 nitrogen and oxygen atoms in total. The van der Waals surface area contributed by atoms with E-state index in [4.69, 9.17) is 0 Å². The number of hydrogen-bond acceptors (Lipinski definition) is 3. The van der Waals surface area contributed by atoms with E-state index in [-0.39, 0.29) is 5.91 Å². The van der Waals surface area contributed by atoms with Gasteiger partial charge in [-0.15, -0.1) is 0 Å². The molecule has 0 unspecified atom stereocenters. The zero-order valence-electron chi connectivity index (χ0n) is 8.60. The minimum atomic E-state index is -0.0845. The van der Waals surface area contributed by atoms with Crippen molar-refractivity contribution < 1.29 is 4.79 Å². The number of aliphatic imine (C=N–C) groups is 1. The number of nitrogens with one attached hydrogen (secondary N) is 1. The molecule has 15 heavy (non-hydrogen) atoms. The molecule has 0 spiro atoms. The Hall–Kier alpha value is -1.84. The number of nitrogens with zero attached hydrogens (tertiary/aromatic N) is 2. The number of anilines is 1. The molecule has 0 aliphatic carbocycles. The lowest BCUT2D eigenvalue weighted by molar-refractivity contribution is -0.112. The van der Waals surface area contributed by atoms with Gasteiger partial charge in [0.25, 0.3) is 5.91 Å². The molecule has 0 saturated heterocycles. The van der Waals surface area contributed by atoms with Gasteiger partial charge in [0.15, 0.2) is 5.84 Å². The molecule has 0 atom stereocenters. The van der Waals surface area contributed by atoms with Crippen LogP contribution in [0.2, 0.25) is 0 Å². The van der Waals surface area contributed by atoms with E-state index in [1.54, 1.807) is 11.9 Å². The first-order valence-corrected chi connectivity index (χ1v) is 4.90. The SMILES string of the molecule is CN(C(=O)C1=NCCN1)c1ccccc1. The summed E-state index contributed by atoms with van der Waals surface area (Å²) >= 11 is 0. The largest absolute Gasteiger partial charge is 0.364 e. The molecule has 4 heteroatoms. The maximum absolute atomic E-state index is 11.9. The Labute approximate surface area is 88.6 Å². The first-order chi connectivity index (χ1) is 7.29. The van der Waals surface area contributed by atoms with Gasteiger partial charge in [-0.2, -0.15) is 0 Å². The molecule has 1 heterocycles. The number of para-hydroxylation sites is 1. The van der Waals surface area contributed by atoms with Gasteiger partial charge in [0.05, 0.1) is 6.54 Å². The second-order valence-electron chi connectivity index (χ2n) is 3.36. The number of amidine groups is 1. The highest BCUT2D eigenvalue weighted by atomic mass is 16.2. The van der Waals surface area contributed by atoms with Crippen molar-refractivity contribution in [3.05, 3.63) is 30.3 Å². The standard InChI is InChI=1S/C11H13N3O/c1-14(9-5-3-2-4-6-9)11(15)10-12-7-8-13-10/h2-6H,7-8H2,1H3,(H,12,13). The number of carbonyl (C=O) groups is 1. The zero-order chi connectivity index (χ0) is 10.7. The van der Waals surface area contributed by atoms with E-state index in [0.717, 1.165) is 12.2 Å². The van der Waals surface area contributed by atoms with Crippen molar-refractivity contribution in [2.45, 2.75) is 0 Å². The smallest absolute Gasteiger partial charge is 0.293 e. The van der Waals surface area contributed by atoms with Crippen molar-refractivity contribution >= 4 is 17.4 Å². The molecule has 1 aliphatic heterocycles. The topological polar surface area (TPSA) is 44.7 Å². The van der Waals surface area contributed by atoms with E-state index in [1.807, 2.05) is 30.3 Å². The van der Waals surface area contributed by atoms with E-state index in [0.29, 0.717) is 12.4 Å². The fraction of sp³-hybridized carbons (Fsp3) is 0.273. The highest BCUT2D eigenvalue weighted by Gasteiger charge is 2.19. The lowest BCUT2D eigenvalue weighted by Gasteiger charge is -2.16. The third kappa shape index (κ3) is 1.98. The third-order valence-corrected chi connectivity index (χ3v) is 2.32. The van der Waals surface area contributed by atoms with Gasteiger partial charge in [0.1, 0.15) is 0 Å². The lowest BCUT2D eigenvalue weighted by atomic mass is 10.3. The monoisotopic (exact) mass is 203 g/mol. The van der Waals surface area contributed by atoms with Gasteiger partial charge in [-0.1, -0.05) is 18.2 Å². The summed E-state index contributed by atoms with van der Waals surface area (Å²) < 4.78 is 0. The van der Waals surface area contributed by atoms with Crippen LogP contribution >= 0.6 is 0 Å². The predicted octanol–water partition coefficient (Wildman–Crippen LogP) is 0.651. The molecule has 2 rings (SSSR count). The molecule has 0 fully saturated rings. The van der Waals surface area contributed by atoms with Crippen LogP contribution in [-0.4, -0.2) is 31.9 Å². The normalized spacial score (nSPS) is 14.3. The molecule has 0 radical (unpaired) electrons. The van der Waals surface area contributed by atoms with Gasteiger partial charge in [0, 0.05) is 19.3 Å². The molecule has 1 aliphatic rings. The van der Waals surface area contributed by atoms with Gasteiger partial charge in [-0.05, 0) is 12.1 Å². The predicted molar refractivity (Wildman–Crippen MR) is 60.2 cm³/mol. The Morgan fingerprint density at radius 1 is 1.40 bits per heavy atom. The van der Waals surface area contributed by atoms with E-state index >= 15 is 0 Å². The van der Waals surface area contributed by atoms with Crippen LogP contribution in [-0.2, 0) is 4.79 Å². The van der Waals surface area contributed by atoms with Gasteiger partial charge in [0.2, 0.25) is 0 Å². The van der Waals surface area contributed by atoms with E-state index in [1.165, 1.54) is 0 Å². The summed E-state index contributed by atoms with van der Waals surface area (Å²) in [6.07, 6.45) is 0. The highest BCUT2D eigenvalue weighted by Crippen LogP contribution is 2.11. The zero-order valence-corrected chi connectivity index (χ0v) is 8.60. The van der Waals surface area contributed by atoms with Crippen LogP contribution in [0.3, 0.4) is 0 Å². The van der Waals surface area contributed by atoms with Crippen LogP contribution in [0, 0.1) is 0 Å². The summed E-state index contributed by atoms with van der Waals surface area (Å²) in [6, 6.07) is 9.53. The molecule has 0 aromatic heterocycles. The maximum Gasteiger partial charge on any atom is 0.293 e. The lowest BCUT2D eigenvalue weighted by Crippen LogP contribution is -2.39. The first-order valence-electron chi connectivity index (χ1n) is 4.90. The molecule has 1 aromatic rings. The Morgan fingerprint density at radius 3 is 2.73 bits per heavy atom. The minimum Gasteiger partial charge on any atom is -0.364 e. The molecule has 1 aromatic carbocycles. The molecule has 78 valence electrons. The molecule has 0 bridgehead atoms. The van der Waals surface area contributed by atoms with Gasteiger partial charge in [-0.25, -0.2) is 0 Å². The Bertz CT molecular complexity index is 386. The van der Waals surface area contributed by atoms with Crippen LogP contribution in [0.5, 0.6) is 0 Å². The van der Waals surface area contributed by atoms with Crippen molar-refractivity contribution in [2.75, 3.05) is 25.0 Å². The van der Waals surface area contributed by atoms with Gasteiger partial charge < -0.3 is 10.2 Å². The third-order valence-electron chi connectivity index (χ3n) is 2.32. The quantitative estimate of drug-likeness (QED) is 0.767. The number of likely N-dealkylation sites (N-methyl/N-ethyl adjacent to an activating group) is 1. The van der Waals surface area contributed by atoms with Crippen LogP contribution in [0.15, 0.2) is 35.3 Å². The van der Waals surface area contributed by atoms with Crippen molar-refractivity contribution in [3.8, 4) is 0 Å². The summed E-state index contributed by atoms with van der Waals surface area (Å²) in [4.78, 5) is 17.6. The van der Waals surface area contributed by atoms with Crippen molar-refractivity contribution in [2.24, 2.45) is 4.99 Å². The molecular formula is C11H13N3O. The van der Waals surface area contributed by atoms with E-state index in [2.05, 4.69) is 10.3 Å². The summed E-state index contributed by atoms with van der Waals surface area (Å²) in [5, 5.41) is 2.97. The molecule has 1 N–H and O–H groups in total. The van der Waals surface area contributed by atoms with Gasteiger partial charge in [-0.3, -0.25) is 9.79 Å². The average Bonchev–Trinajstić information content (AvgIpc) is 2.82. The maximum atomic E-state index is 11.9. The van der Waals surface area contributed by atoms with Crippen molar-refractivity contribution in [1.82, 2.24) is 5.32 Å². The van der Waals surface area contributed by atoms with Gasteiger partial charge >= 0.3 is 0 Å². The number of benzene rings is 1. The summed E-state index contributed by atoms with van der Waals surface area (Å²) in [5.74, 6) is 0.375. The number of carbonyl (C=O) groups excluding carboxylic acids is 1. The summed E-state index contributed by atoms with van der Waals surface area (Å²) in [7, 11) is 1.75. The number of rotatable bonds is 2. The summed E-state index contributed by atoms with van der Waals surface area (Å²) in [6.45, 7) is 1.44.